The maximum absolute atomic E-state index is 11.9. The number of carbonyl (C=O) groups is 1. The first-order valence-corrected chi connectivity index (χ1v) is 10.1. The summed E-state index contributed by atoms with van der Waals surface area (Å²) in [7, 11) is 0. The van der Waals surface area contributed by atoms with Gasteiger partial charge in [0.1, 0.15) is 11.6 Å². The Labute approximate surface area is 172 Å². The Kier molecular flexibility index (Phi) is 6.70. The summed E-state index contributed by atoms with van der Waals surface area (Å²) in [5, 5.41) is 2.88. The topological polar surface area (TPSA) is 56.2 Å². The molecular formula is C24H29N3O2. The molecule has 0 saturated heterocycles. The van der Waals surface area contributed by atoms with Crippen LogP contribution in [0.5, 0.6) is 5.75 Å². The predicted molar refractivity (Wildman–Crippen MR) is 117 cm³/mol. The van der Waals surface area contributed by atoms with E-state index in [0.717, 1.165) is 35.6 Å². The molecule has 152 valence electrons. The minimum Gasteiger partial charge on any atom is -0.493 e. The van der Waals surface area contributed by atoms with Crippen LogP contribution in [0.25, 0.3) is 11.0 Å². The highest BCUT2D eigenvalue weighted by Crippen LogP contribution is 2.26. The fraction of sp³-hybridized carbons (Fsp3) is 0.333. The number of aryl methyl sites for hydroxylation is 1. The first kappa shape index (κ1) is 20.6. The lowest BCUT2D eigenvalue weighted by Crippen LogP contribution is -2.25. The van der Waals surface area contributed by atoms with Crippen molar-refractivity contribution >= 4 is 16.9 Å². The molecule has 1 N–H and O–H groups in total. The van der Waals surface area contributed by atoms with Crippen molar-refractivity contribution in [3.63, 3.8) is 0 Å². The summed E-state index contributed by atoms with van der Waals surface area (Å²) >= 11 is 0. The van der Waals surface area contributed by atoms with E-state index in [1.54, 1.807) is 6.92 Å². The SMILES string of the molecule is C=C(C)C(=O)NCc1nc2ccccc2n1CCCOc1ccccc1C(C)C. The highest BCUT2D eigenvalue weighted by atomic mass is 16.5. The third-order valence-corrected chi connectivity index (χ3v) is 4.85. The molecule has 0 aliphatic carbocycles. The predicted octanol–water partition coefficient (Wildman–Crippen LogP) is 4.82. The van der Waals surface area contributed by atoms with Crippen molar-refractivity contribution in [3.8, 4) is 5.75 Å². The fourth-order valence-electron chi connectivity index (χ4n) is 3.31. The monoisotopic (exact) mass is 391 g/mol. The molecule has 0 fully saturated rings. The Morgan fingerprint density at radius 2 is 1.90 bits per heavy atom. The van der Waals surface area contributed by atoms with E-state index in [1.165, 1.54) is 5.56 Å². The molecule has 3 aromatic rings. The van der Waals surface area contributed by atoms with E-state index in [4.69, 9.17) is 9.72 Å². The molecule has 1 heterocycles. The number of aromatic nitrogens is 2. The highest BCUT2D eigenvalue weighted by molar-refractivity contribution is 5.92. The second kappa shape index (κ2) is 9.41. The van der Waals surface area contributed by atoms with Crippen LogP contribution in [0, 0.1) is 0 Å². The Morgan fingerprint density at radius 1 is 1.17 bits per heavy atom. The van der Waals surface area contributed by atoms with E-state index in [9.17, 15) is 4.79 Å². The van der Waals surface area contributed by atoms with Gasteiger partial charge in [0.05, 0.1) is 24.2 Å². The van der Waals surface area contributed by atoms with Crippen LogP contribution in [0.4, 0.5) is 0 Å². The number of amides is 1. The molecule has 5 heteroatoms. The van der Waals surface area contributed by atoms with Crippen LogP contribution in [0.2, 0.25) is 0 Å². The number of benzene rings is 2. The molecule has 1 aromatic heterocycles. The number of fused-ring (bicyclic) bond motifs is 1. The zero-order valence-corrected chi connectivity index (χ0v) is 17.4. The van der Waals surface area contributed by atoms with Crippen molar-refractivity contribution in [1.29, 1.82) is 0 Å². The summed E-state index contributed by atoms with van der Waals surface area (Å²) in [6, 6.07) is 16.2. The Morgan fingerprint density at radius 3 is 2.66 bits per heavy atom. The van der Waals surface area contributed by atoms with Gasteiger partial charge in [-0.3, -0.25) is 4.79 Å². The molecule has 3 rings (SSSR count). The van der Waals surface area contributed by atoms with E-state index in [1.807, 2.05) is 36.4 Å². The minimum absolute atomic E-state index is 0.155. The summed E-state index contributed by atoms with van der Waals surface area (Å²) in [6.45, 7) is 11.5. The number of carbonyl (C=O) groups excluding carboxylic acids is 1. The van der Waals surface area contributed by atoms with Crippen molar-refractivity contribution < 1.29 is 9.53 Å². The molecule has 5 nitrogen and oxygen atoms in total. The van der Waals surface area contributed by atoms with Gasteiger partial charge in [-0.15, -0.1) is 0 Å². The Hall–Kier alpha value is -3.08. The second-order valence-corrected chi connectivity index (χ2v) is 7.53. The number of imidazole rings is 1. The van der Waals surface area contributed by atoms with Gasteiger partial charge in [0, 0.05) is 12.1 Å². The van der Waals surface area contributed by atoms with Crippen LogP contribution >= 0.6 is 0 Å². The summed E-state index contributed by atoms with van der Waals surface area (Å²) in [5.74, 6) is 2.06. The molecule has 0 aliphatic heterocycles. The van der Waals surface area contributed by atoms with Crippen molar-refractivity contribution in [2.24, 2.45) is 0 Å². The zero-order valence-electron chi connectivity index (χ0n) is 17.4. The number of hydrogen-bond acceptors (Lipinski definition) is 3. The van der Waals surface area contributed by atoms with Crippen molar-refractivity contribution in [2.45, 2.75) is 46.2 Å². The van der Waals surface area contributed by atoms with Gasteiger partial charge in [0.25, 0.3) is 0 Å². The van der Waals surface area contributed by atoms with Gasteiger partial charge in [-0.25, -0.2) is 4.98 Å². The number of ether oxygens (including phenoxy) is 1. The zero-order chi connectivity index (χ0) is 20.8. The van der Waals surface area contributed by atoms with E-state index in [-0.39, 0.29) is 5.91 Å². The van der Waals surface area contributed by atoms with E-state index in [2.05, 4.69) is 42.4 Å². The lowest BCUT2D eigenvalue weighted by molar-refractivity contribution is -0.117. The second-order valence-electron chi connectivity index (χ2n) is 7.53. The van der Waals surface area contributed by atoms with Crippen LogP contribution in [-0.2, 0) is 17.9 Å². The van der Waals surface area contributed by atoms with Crippen LogP contribution in [0.1, 0.15) is 44.5 Å². The number of nitrogens with one attached hydrogen (secondary N) is 1. The maximum atomic E-state index is 11.9. The largest absolute Gasteiger partial charge is 0.493 e. The molecule has 0 unspecified atom stereocenters. The van der Waals surface area contributed by atoms with Gasteiger partial charge in [-0.2, -0.15) is 0 Å². The molecule has 1 amide bonds. The number of rotatable bonds is 9. The van der Waals surface area contributed by atoms with Crippen molar-refractivity contribution in [2.75, 3.05) is 6.61 Å². The summed E-state index contributed by atoms with van der Waals surface area (Å²) in [6.07, 6.45) is 0.841. The summed E-state index contributed by atoms with van der Waals surface area (Å²) < 4.78 is 8.22. The number of para-hydroxylation sites is 3. The van der Waals surface area contributed by atoms with E-state index in [0.29, 0.717) is 24.6 Å². The standard InChI is InChI=1S/C24H29N3O2/c1-17(2)19-10-5-8-13-22(19)29-15-9-14-27-21-12-7-6-11-20(21)26-23(27)16-25-24(28)18(3)4/h5-8,10-13,17H,3,9,14-16H2,1-2,4H3,(H,25,28). The lowest BCUT2D eigenvalue weighted by atomic mass is 10.0. The molecular weight excluding hydrogens is 362 g/mol. The van der Waals surface area contributed by atoms with E-state index < -0.39 is 0 Å². The lowest BCUT2D eigenvalue weighted by Gasteiger charge is -2.14. The van der Waals surface area contributed by atoms with Crippen LogP contribution in [0.3, 0.4) is 0 Å². The van der Waals surface area contributed by atoms with Gasteiger partial charge >= 0.3 is 0 Å². The van der Waals surface area contributed by atoms with Gasteiger partial charge in [0.2, 0.25) is 5.91 Å². The highest BCUT2D eigenvalue weighted by Gasteiger charge is 2.12. The number of hydrogen-bond donors (Lipinski definition) is 1. The molecule has 29 heavy (non-hydrogen) atoms. The summed E-state index contributed by atoms with van der Waals surface area (Å²) in [5.41, 5.74) is 3.71. The van der Waals surface area contributed by atoms with Gasteiger partial charge in [0.15, 0.2) is 0 Å². The third kappa shape index (κ3) is 5.05. The van der Waals surface area contributed by atoms with Crippen molar-refractivity contribution in [3.05, 3.63) is 72.1 Å². The fourth-order valence-corrected chi connectivity index (χ4v) is 3.31. The van der Waals surface area contributed by atoms with Crippen LogP contribution in [-0.4, -0.2) is 22.1 Å². The molecule has 0 atom stereocenters. The molecule has 0 radical (unpaired) electrons. The molecule has 0 spiro atoms. The first-order chi connectivity index (χ1) is 14.0. The average Bonchev–Trinajstić information content (AvgIpc) is 3.07. The Bertz CT molecular complexity index is 1000. The van der Waals surface area contributed by atoms with Gasteiger partial charge < -0.3 is 14.6 Å². The van der Waals surface area contributed by atoms with Crippen LogP contribution < -0.4 is 10.1 Å². The quantitative estimate of drug-likeness (QED) is 0.420. The normalized spacial score (nSPS) is 11.0. The van der Waals surface area contributed by atoms with E-state index >= 15 is 0 Å². The van der Waals surface area contributed by atoms with Crippen molar-refractivity contribution in [1.82, 2.24) is 14.9 Å². The average molecular weight is 392 g/mol. The summed E-state index contributed by atoms with van der Waals surface area (Å²) in [4.78, 5) is 16.6. The maximum Gasteiger partial charge on any atom is 0.246 e. The Balaban J connectivity index is 1.68. The number of nitrogens with zero attached hydrogens (tertiary/aromatic N) is 2. The van der Waals surface area contributed by atoms with Crippen LogP contribution in [0.15, 0.2) is 60.7 Å². The van der Waals surface area contributed by atoms with Gasteiger partial charge in [-0.1, -0.05) is 50.8 Å². The van der Waals surface area contributed by atoms with Gasteiger partial charge in [-0.05, 0) is 43.0 Å². The first-order valence-electron chi connectivity index (χ1n) is 10.1. The third-order valence-electron chi connectivity index (χ3n) is 4.85. The molecule has 0 bridgehead atoms. The molecule has 2 aromatic carbocycles. The molecule has 0 aliphatic rings. The smallest absolute Gasteiger partial charge is 0.246 e. The minimum atomic E-state index is -0.155. The molecule has 0 saturated carbocycles.